The molecule has 154 valence electrons. The van der Waals surface area contributed by atoms with E-state index in [1.807, 2.05) is 66.5 Å². The Labute approximate surface area is 177 Å². The Bertz CT molecular complexity index is 1180. The molecule has 0 atom stereocenters. The first-order valence-corrected chi connectivity index (χ1v) is 10.2. The molecule has 0 saturated heterocycles. The SMILES string of the molecule is Cc1ccn(-c2cccc(C(C)(C)c3cccc(-n4ccc(C(C)(C)C)n4)n3)n2)n1. The molecule has 0 bridgehead atoms. The molecule has 6 heteroatoms. The average molecular weight is 401 g/mol. The van der Waals surface area contributed by atoms with E-state index in [1.54, 1.807) is 4.68 Å². The minimum Gasteiger partial charge on any atom is -0.233 e. The molecule has 0 unspecified atom stereocenters. The van der Waals surface area contributed by atoms with E-state index in [9.17, 15) is 0 Å². The van der Waals surface area contributed by atoms with Crippen LogP contribution < -0.4 is 0 Å². The van der Waals surface area contributed by atoms with Crippen molar-refractivity contribution in [1.82, 2.24) is 29.5 Å². The molecule has 0 saturated carbocycles. The summed E-state index contributed by atoms with van der Waals surface area (Å²) in [6.45, 7) is 12.7. The molecule has 0 fully saturated rings. The molecule has 4 aromatic heterocycles. The predicted molar refractivity (Wildman–Crippen MR) is 118 cm³/mol. The van der Waals surface area contributed by atoms with Crippen molar-refractivity contribution in [1.29, 1.82) is 0 Å². The highest BCUT2D eigenvalue weighted by molar-refractivity contribution is 5.36. The molecule has 0 radical (unpaired) electrons. The first kappa shape index (κ1) is 20.0. The van der Waals surface area contributed by atoms with Crippen LogP contribution in [0.25, 0.3) is 11.6 Å². The Balaban J connectivity index is 1.70. The minimum absolute atomic E-state index is 0.00263. The average Bonchev–Trinajstić information content (AvgIpc) is 3.37. The molecular weight excluding hydrogens is 372 g/mol. The first-order chi connectivity index (χ1) is 14.1. The van der Waals surface area contributed by atoms with Gasteiger partial charge < -0.3 is 0 Å². The van der Waals surface area contributed by atoms with Gasteiger partial charge in [0.2, 0.25) is 0 Å². The van der Waals surface area contributed by atoms with Crippen molar-refractivity contribution in [3.8, 4) is 11.6 Å². The zero-order valence-electron chi connectivity index (χ0n) is 18.5. The van der Waals surface area contributed by atoms with Gasteiger partial charge in [0, 0.05) is 23.2 Å². The molecule has 4 heterocycles. The van der Waals surface area contributed by atoms with Crippen molar-refractivity contribution in [2.24, 2.45) is 0 Å². The van der Waals surface area contributed by atoms with Gasteiger partial charge in [0.1, 0.15) is 0 Å². The van der Waals surface area contributed by atoms with Crippen LogP contribution in [0.2, 0.25) is 0 Å². The molecule has 4 rings (SSSR count). The van der Waals surface area contributed by atoms with Gasteiger partial charge in [-0.2, -0.15) is 10.2 Å². The van der Waals surface area contributed by atoms with Gasteiger partial charge >= 0.3 is 0 Å². The normalized spacial score (nSPS) is 12.3. The summed E-state index contributed by atoms with van der Waals surface area (Å²) < 4.78 is 3.65. The third kappa shape index (κ3) is 3.77. The van der Waals surface area contributed by atoms with Crippen molar-refractivity contribution in [2.45, 2.75) is 52.4 Å². The van der Waals surface area contributed by atoms with Gasteiger partial charge in [-0.1, -0.05) is 32.9 Å². The van der Waals surface area contributed by atoms with E-state index in [-0.39, 0.29) is 10.8 Å². The smallest absolute Gasteiger partial charge is 0.153 e. The molecule has 0 aromatic carbocycles. The zero-order valence-corrected chi connectivity index (χ0v) is 18.5. The zero-order chi connectivity index (χ0) is 21.5. The lowest BCUT2D eigenvalue weighted by molar-refractivity contribution is 0.557. The molecule has 0 N–H and O–H groups in total. The van der Waals surface area contributed by atoms with E-state index in [0.717, 1.165) is 34.4 Å². The fourth-order valence-electron chi connectivity index (χ4n) is 3.32. The Morgan fingerprint density at radius 1 is 0.633 bits per heavy atom. The molecule has 4 aromatic rings. The lowest BCUT2D eigenvalue weighted by Crippen LogP contribution is -2.23. The Morgan fingerprint density at radius 2 is 1.17 bits per heavy atom. The molecular formula is C24H28N6. The molecule has 30 heavy (non-hydrogen) atoms. The van der Waals surface area contributed by atoms with Crippen LogP contribution in [0, 0.1) is 6.92 Å². The highest BCUT2D eigenvalue weighted by Crippen LogP contribution is 2.30. The van der Waals surface area contributed by atoms with Crippen molar-refractivity contribution < 1.29 is 0 Å². The second-order valence-corrected chi connectivity index (χ2v) is 9.18. The van der Waals surface area contributed by atoms with Gasteiger partial charge in [-0.15, -0.1) is 0 Å². The van der Waals surface area contributed by atoms with Crippen LogP contribution in [0.5, 0.6) is 0 Å². The summed E-state index contributed by atoms with van der Waals surface area (Å²) in [6.07, 6.45) is 3.90. The number of aromatic nitrogens is 6. The van der Waals surface area contributed by atoms with Crippen LogP contribution in [0.15, 0.2) is 60.9 Å². The van der Waals surface area contributed by atoms with Gasteiger partial charge in [-0.25, -0.2) is 19.3 Å². The fourth-order valence-corrected chi connectivity index (χ4v) is 3.32. The second-order valence-electron chi connectivity index (χ2n) is 9.18. The van der Waals surface area contributed by atoms with Crippen molar-refractivity contribution in [3.05, 3.63) is 83.7 Å². The molecule has 0 spiro atoms. The maximum atomic E-state index is 4.93. The van der Waals surface area contributed by atoms with Crippen LogP contribution in [-0.2, 0) is 10.8 Å². The standard InChI is InChI=1S/C24H28N6/c1-17-13-15-29(27-17)21-11-7-9-19(25-21)24(5,6)20-10-8-12-22(26-20)30-16-14-18(28-30)23(2,3)4/h7-16H,1-6H3. The Morgan fingerprint density at radius 3 is 1.63 bits per heavy atom. The van der Waals surface area contributed by atoms with Crippen LogP contribution in [-0.4, -0.2) is 29.5 Å². The highest BCUT2D eigenvalue weighted by Gasteiger charge is 2.27. The highest BCUT2D eigenvalue weighted by atomic mass is 15.3. The Hall–Kier alpha value is -3.28. The summed E-state index contributed by atoms with van der Waals surface area (Å²) in [6, 6.07) is 16.1. The summed E-state index contributed by atoms with van der Waals surface area (Å²) in [5.74, 6) is 1.60. The van der Waals surface area contributed by atoms with E-state index < -0.39 is 0 Å². The van der Waals surface area contributed by atoms with E-state index in [2.05, 4.69) is 45.8 Å². The van der Waals surface area contributed by atoms with Crippen molar-refractivity contribution in [2.75, 3.05) is 0 Å². The molecule has 0 aliphatic rings. The quantitative estimate of drug-likeness (QED) is 0.495. The summed E-state index contributed by atoms with van der Waals surface area (Å²) in [7, 11) is 0. The molecule has 0 amide bonds. The van der Waals surface area contributed by atoms with Crippen LogP contribution in [0.4, 0.5) is 0 Å². The van der Waals surface area contributed by atoms with Gasteiger partial charge in [-0.05, 0) is 57.2 Å². The van der Waals surface area contributed by atoms with Crippen molar-refractivity contribution >= 4 is 0 Å². The van der Waals surface area contributed by atoms with Crippen LogP contribution in [0.1, 0.15) is 57.4 Å². The van der Waals surface area contributed by atoms with Gasteiger partial charge in [0.25, 0.3) is 0 Å². The van der Waals surface area contributed by atoms with Gasteiger partial charge in [0.15, 0.2) is 11.6 Å². The van der Waals surface area contributed by atoms with Gasteiger partial charge in [-0.3, -0.25) is 0 Å². The van der Waals surface area contributed by atoms with E-state index in [0.29, 0.717) is 0 Å². The number of hydrogen-bond donors (Lipinski definition) is 0. The molecule has 0 aliphatic heterocycles. The van der Waals surface area contributed by atoms with E-state index in [4.69, 9.17) is 15.1 Å². The van der Waals surface area contributed by atoms with E-state index >= 15 is 0 Å². The summed E-state index contributed by atoms with van der Waals surface area (Å²) in [5.41, 5.74) is 3.50. The topological polar surface area (TPSA) is 61.4 Å². The minimum atomic E-state index is -0.381. The maximum Gasteiger partial charge on any atom is 0.153 e. The van der Waals surface area contributed by atoms with Crippen LogP contribution >= 0.6 is 0 Å². The number of hydrogen-bond acceptors (Lipinski definition) is 4. The largest absolute Gasteiger partial charge is 0.233 e. The van der Waals surface area contributed by atoms with Gasteiger partial charge in [0.05, 0.1) is 22.8 Å². The summed E-state index contributed by atoms with van der Waals surface area (Å²) in [4.78, 5) is 9.81. The molecule has 6 nitrogen and oxygen atoms in total. The van der Waals surface area contributed by atoms with Crippen molar-refractivity contribution in [3.63, 3.8) is 0 Å². The maximum absolute atomic E-state index is 4.93. The molecule has 0 aliphatic carbocycles. The fraction of sp³-hybridized carbons (Fsp3) is 0.333. The second kappa shape index (κ2) is 7.20. The van der Waals surface area contributed by atoms with Crippen LogP contribution in [0.3, 0.4) is 0 Å². The third-order valence-electron chi connectivity index (χ3n) is 5.30. The lowest BCUT2D eigenvalue weighted by atomic mass is 9.84. The number of aryl methyl sites for hydroxylation is 1. The number of rotatable bonds is 4. The summed E-state index contributed by atoms with van der Waals surface area (Å²) >= 11 is 0. The van der Waals surface area contributed by atoms with E-state index in [1.165, 1.54) is 0 Å². The first-order valence-electron chi connectivity index (χ1n) is 10.2. The number of pyridine rings is 2. The monoisotopic (exact) mass is 400 g/mol. The predicted octanol–water partition coefficient (Wildman–Crippen LogP) is 4.78. The lowest BCUT2D eigenvalue weighted by Gasteiger charge is -2.24. The summed E-state index contributed by atoms with van der Waals surface area (Å²) in [5, 5.41) is 9.21. The third-order valence-corrected chi connectivity index (χ3v) is 5.30. The Kier molecular flexibility index (Phi) is 4.80. The number of nitrogens with zero attached hydrogens (tertiary/aromatic N) is 6.